The Bertz CT molecular complexity index is 1160. The maximum absolute atomic E-state index is 13.2. The molecule has 180 valence electrons. The summed E-state index contributed by atoms with van der Waals surface area (Å²) in [6.07, 6.45) is 0. The molecule has 0 aliphatic carbocycles. The second-order valence-corrected chi connectivity index (χ2v) is 9.50. The maximum atomic E-state index is 13.2. The van der Waals surface area contributed by atoms with Crippen molar-refractivity contribution in [3.63, 3.8) is 0 Å². The molecule has 7 nitrogen and oxygen atoms in total. The minimum atomic E-state index is -0.299. The van der Waals surface area contributed by atoms with Gasteiger partial charge in [-0.2, -0.15) is 5.10 Å². The van der Waals surface area contributed by atoms with Crippen molar-refractivity contribution in [3.8, 4) is 5.69 Å². The van der Waals surface area contributed by atoms with Crippen LogP contribution in [0.2, 0.25) is 0 Å². The van der Waals surface area contributed by atoms with Gasteiger partial charge in [0.2, 0.25) is 5.91 Å². The number of nitrogens with one attached hydrogen (secondary N) is 1. The molecule has 0 unspecified atom stereocenters. The molecular formula is C27H34N4O3. The van der Waals surface area contributed by atoms with Crippen LogP contribution in [0.15, 0.2) is 54.6 Å². The number of ether oxygens (including phenoxy) is 1. The molecule has 1 heterocycles. The normalized spacial score (nSPS) is 11.4. The van der Waals surface area contributed by atoms with Crippen LogP contribution in [0.3, 0.4) is 0 Å². The van der Waals surface area contributed by atoms with E-state index >= 15 is 0 Å². The zero-order chi connectivity index (χ0) is 24.9. The van der Waals surface area contributed by atoms with Gasteiger partial charge in [-0.15, -0.1) is 0 Å². The van der Waals surface area contributed by atoms with E-state index in [1.54, 1.807) is 17.9 Å². The molecule has 2 amide bonds. The Hall–Kier alpha value is -3.45. The molecule has 0 aliphatic rings. The summed E-state index contributed by atoms with van der Waals surface area (Å²) in [6, 6.07) is 17.2. The number of rotatable bonds is 8. The van der Waals surface area contributed by atoms with E-state index in [-0.39, 0.29) is 23.8 Å². The summed E-state index contributed by atoms with van der Waals surface area (Å²) in [6.45, 7) is 10.7. The average Bonchev–Trinajstić information content (AvgIpc) is 3.20. The number of aryl methyl sites for hydroxylation is 2. The van der Waals surface area contributed by atoms with E-state index in [2.05, 4.69) is 26.1 Å². The number of amides is 2. The summed E-state index contributed by atoms with van der Waals surface area (Å²) in [5, 5.41) is 7.75. The molecule has 2 aromatic carbocycles. The first-order valence-corrected chi connectivity index (χ1v) is 11.4. The molecule has 0 aliphatic heterocycles. The third kappa shape index (κ3) is 6.11. The first kappa shape index (κ1) is 25.2. The number of anilines is 1. The quantitative estimate of drug-likeness (QED) is 0.534. The average molecular weight is 463 g/mol. The molecule has 0 fully saturated rings. The lowest BCUT2D eigenvalue weighted by atomic mass is 9.92. The van der Waals surface area contributed by atoms with Gasteiger partial charge in [-0.1, -0.05) is 51.1 Å². The standard InChI is InChI=1S/C27H34N4O3/c1-19-10-9-12-21(16-19)31-24(17-23(29-31)27(3,4)5)28-25(32)18-30(14-15-34-6)26(33)22-13-8-7-11-20(22)2/h7-13,16-17H,14-15,18H2,1-6H3,(H,28,32). The Balaban J connectivity index is 1.87. The van der Waals surface area contributed by atoms with Gasteiger partial charge < -0.3 is 15.0 Å². The van der Waals surface area contributed by atoms with Gasteiger partial charge in [0.25, 0.3) is 5.91 Å². The zero-order valence-electron chi connectivity index (χ0n) is 20.9. The molecular weight excluding hydrogens is 428 g/mol. The van der Waals surface area contributed by atoms with Gasteiger partial charge in [0.1, 0.15) is 12.4 Å². The molecule has 1 aromatic heterocycles. The number of hydrogen-bond donors (Lipinski definition) is 1. The van der Waals surface area contributed by atoms with E-state index in [0.29, 0.717) is 24.5 Å². The van der Waals surface area contributed by atoms with Crippen LogP contribution in [-0.2, 0) is 14.9 Å². The number of methoxy groups -OCH3 is 1. The summed E-state index contributed by atoms with van der Waals surface area (Å²) in [5.41, 5.74) is 4.06. The van der Waals surface area contributed by atoms with E-state index < -0.39 is 0 Å². The first-order valence-electron chi connectivity index (χ1n) is 11.4. The van der Waals surface area contributed by atoms with E-state index in [1.807, 2.05) is 62.4 Å². The Morgan fingerprint density at radius 2 is 1.79 bits per heavy atom. The minimum Gasteiger partial charge on any atom is -0.383 e. The van der Waals surface area contributed by atoms with Crippen molar-refractivity contribution < 1.29 is 14.3 Å². The van der Waals surface area contributed by atoms with Gasteiger partial charge >= 0.3 is 0 Å². The smallest absolute Gasteiger partial charge is 0.254 e. The monoisotopic (exact) mass is 462 g/mol. The van der Waals surface area contributed by atoms with Crippen LogP contribution in [0.4, 0.5) is 5.82 Å². The lowest BCUT2D eigenvalue weighted by Gasteiger charge is -2.23. The van der Waals surface area contributed by atoms with Crippen LogP contribution in [0.1, 0.15) is 48.0 Å². The van der Waals surface area contributed by atoms with Gasteiger partial charge in [0, 0.05) is 30.7 Å². The molecule has 0 saturated heterocycles. The fourth-order valence-corrected chi connectivity index (χ4v) is 3.59. The second-order valence-electron chi connectivity index (χ2n) is 9.50. The molecule has 0 spiro atoms. The Labute approximate surface area is 201 Å². The number of carbonyl (C=O) groups is 2. The van der Waals surface area contributed by atoms with E-state index in [1.165, 1.54) is 4.90 Å². The topological polar surface area (TPSA) is 76.5 Å². The predicted octanol–water partition coefficient (Wildman–Crippen LogP) is 4.51. The highest BCUT2D eigenvalue weighted by atomic mass is 16.5. The summed E-state index contributed by atoms with van der Waals surface area (Å²) >= 11 is 0. The molecule has 0 atom stereocenters. The van der Waals surface area contributed by atoms with Crippen molar-refractivity contribution in [1.29, 1.82) is 0 Å². The summed E-state index contributed by atoms with van der Waals surface area (Å²) in [4.78, 5) is 27.8. The van der Waals surface area contributed by atoms with Gasteiger partial charge in [-0.25, -0.2) is 4.68 Å². The Morgan fingerprint density at radius 1 is 1.06 bits per heavy atom. The fraction of sp³-hybridized carbons (Fsp3) is 0.370. The van der Waals surface area contributed by atoms with E-state index in [9.17, 15) is 9.59 Å². The number of benzene rings is 2. The van der Waals surface area contributed by atoms with Crippen LogP contribution >= 0.6 is 0 Å². The van der Waals surface area contributed by atoms with Crippen LogP contribution in [0.5, 0.6) is 0 Å². The van der Waals surface area contributed by atoms with Gasteiger partial charge in [0.15, 0.2) is 0 Å². The van der Waals surface area contributed by atoms with Crippen molar-refractivity contribution in [1.82, 2.24) is 14.7 Å². The second kappa shape index (κ2) is 10.7. The van der Waals surface area contributed by atoms with Crippen molar-refractivity contribution in [2.24, 2.45) is 0 Å². The summed E-state index contributed by atoms with van der Waals surface area (Å²) in [7, 11) is 1.57. The molecule has 0 saturated carbocycles. The lowest BCUT2D eigenvalue weighted by Crippen LogP contribution is -2.40. The highest BCUT2D eigenvalue weighted by molar-refractivity contribution is 6.00. The molecule has 1 N–H and O–H groups in total. The highest BCUT2D eigenvalue weighted by Gasteiger charge is 2.24. The molecule has 0 bridgehead atoms. The SMILES string of the molecule is COCCN(CC(=O)Nc1cc(C(C)(C)C)nn1-c1cccc(C)c1)C(=O)c1ccccc1C. The van der Waals surface area contributed by atoms with Crippen LogP contribution in [-0.4, -0.2) is 53.3 Å². The predicted molar refractivity (Wildman–Crippen MR) is 135 cm³/mol. The fourth-order valence-electron chi connectivity index (χ4n) is 3.59. The molecule has 3 rings (SSSR count). The largest absolute Gasteiger partial charge is 0.383 e. The van der Waals surface area contributed by atoms with Crippen LogP contribution in [0, 0.1) is 13.8 Å². The Kier molecular flexibility index (Phi) is 7.89. The third-order valence-corrected chi connectivity index (χ3v) is 5.55. The van der Waals surface area contributed by atoms with E-state index in [0.717, 1.165) is 22.5 Å². The number of aromatic nitrogens is 2. The van der Waals surface area contributed by atoms with E-state index in [4.69, 9.17) is 9.84 Å². The van der Waals surface area contributed by atoms with Crippen molar-refractivity contribution in [3.05, 3.63) is 77.0 Å². The molecule has 34 heavy (non-hydrogen) atoms. The van der Waals surface area contributed by atoms with Gasteiger partial charge in [0.05, 0.1) is 18.0 Å². The molecule has 7 heteroatoms. The Morgan fingerprint density at radius 3 is 2.44 bits per heavy atom. The van der Waals surface area contributed by atoms with Crippen molar-refractivity contribution >= 4 is 17.6 Å². The number of nitrogens with zero attached hydrogens (tertiary/aromatic N) is 3. The van der Waals surface area contributed by atoms with Crippen LogP contribution < -0.4 is 5.32 Å². The molecule has 0 radical (unpaired) electrons. The number of hydrogen-bond acceptors (Lipinski definition) is 4. The van der Waals surface area contributed by atoms with Crippen molar-refractivity contribution in [2.45, 2.75) is 40.0 Å². The maximum Gasteiger partial charge on any atom is 0.254 e. The minimum absolute atomic E-state index is 0.0968. The van der Waals surface area contributed by atoms with Gasteiger partial charge in [-0.3, -0.25) is 9.59 Å². The van der Waals surface area contributed by atoms with Crippen molar-refractivity contribution in [2.75, 3.05) is 32.1 Å². The summed E-state index contributed by atoms with van der Waals surface area (Å²) < 4.78 is 6.92. The van der Waals surface area contributed by atoms with Gasteiger partial charge in [-0.05, 0) is 43.2 Å². The summed E-state index contributed by atoms with van der Waals surface area (Å²) in [5.74, 6) is 0.0655. The third-order valence-electron chi connectivity index (χ3n) is 5.55. The first-order chi connectivity index (χ1) is 16.1. The molecule has 3 aromatic rings. The zero-order valence-corrected chi connectivity index (χ0v) is 20.9. The highest BCUT2D eigenvalue weighted by Crippen LogP contribution is 2.26. The lowest BCUT2D eigenvalue weighted by molar-refractivity contribution is -0.117. The number of carbonyl (C=O) groups excluding carboxylic acids is 2. The van der Waals surface area contributed by atoms with Crippen LogP contribution in [0.25, 0.3) is 5.69 Å².